The quantitative estimate of drug-likeness (QED) is 0.804. The summed E-state index contributed by atoms with van der Waals surface area (Å²) in [7, 11) is 0. The fourth-order valence-electron chi connectivity index (χ4n) is 1.89. The zero-order valence-electron chi connectivity index (χ0n) is 11.2. The number of hydrogen-bond donors (Lipinski definition) is 1. The summed E-state index contributed by atoms with van der Waals surface area (Å²) in [6, 6.07) is 11.4. The van der Waals surface area contributed by atoms with Gasteiger partial charge in [0.1, 0.15) is 0 Å². The van der Waals surface area contributed by atoms with Crippen LogP contribution in [0.15, 0.2) is 60.4 Å². The van der Waals surface area contributed by atoms with E-state index in [0.717, 1.165) is 16.1 Å². The number of amides is 1. The molecule has 0 aliphatic rings. The molecule has 104 valence electrons. The highest BCUT2D eigenvalue weighted by molar-refractivity contribution is 7.13. The molecule has 1 N–H and O–H groups in total. The highest BCUT2D eigenvalue weighted by Crippen LogP contribution is 2.22. The Labute approximate surface area is 126 Å². The van der Waals surface area contributed by atoms with Gasteiger partial charge < -0.3 is 5.32 Å². The predicted molar refractivity (Wildman–Crippen MR) is 83.0 cm³/mol. The number of hydrogen-bond acceptors (Lipinski definition) is 4. The molecule has 3 aromatic heterocycles. The summed E-state index contributed by atoms with van der Waals surface area (Å²) in [5.41, 5.74) is 2.40. The third kappa shape index (κ3) is 3.32. The third-order valence-electron chi connectivity index (χ3n) is 2.98. The van der Waals surface area contributed by atoms with Gasteiger partial charge in [0, 0.05) is 25.1 Å². The molecule has 0 aliphatic carbocycles. The number of carbonyl (C=O) groups excluding carboxylic acids is 1. The van der Waals surface area contributed by atoms with Crippen LogP contribution in [0.4, 0.5) is 0 Å². The van der Waals surface area contributed by atoms with Crippen molar-refractivity contribution in [1.82, 2.24) is 15.3 Å². The Bertz CT molecular complexity index is 709. The largest absolute Gasteiger partial charge is 0.348 e. The molecule has 0 aromatic carbocycles. The molecule has 1 amide bonds. The maximum Gasteiger partial charge on any atom is 0.253 e. The van der Waals surface area contributed by atoms with Crippen LogP contribution >= 0.6 is 11.3 Å². The van der Waals surface area contributed by atoms with Crippen LogP contribution in [-0.2, 0) is 6.54 Å². The van der Waals surface area contributed by atoms with Crippen molar-refractivity contribution in [2.75, 3.05) is 0 Å². The van der Waals surface area contributed by atoms with Crippen LogP contribution in [0.2, 0.25) is 0 Å². The second kappa shape index (κ2) is 6.28. The predicted octanol–water partition coefficient (Wildman–Crippen LogP) is 3.14. The van der Waals surface area contributed by atoms with Crippen LogP contribution in [0.1, 0.15) is 15.9 Å². The molecular weight excluding hydrogens is 282 g/mol. The van der Waals surface area contributed by atoms with E-state index in [4.69, 9.17) is 0 Å². The van der Waals surface area contributed by atoms with Gasteiger partial charge in [0.15, 0.2) is 0 Å². The van der Waals surface area contributed by atoms with E-state index in [2.05, 4.69) is 15.3 Å². The zero-order chi connectivity index (χ0) is 14.5. The highest BCUT2D eigenvalue weighted by Gasteiger charge is 2.07. The van der Waals surface area contributed by atoms with Crippen molar-refractivity contribution in [3.8, 4) is 10.6 Å². The van der Waals surface area contributed by atoms with Crippen molar-refractivity contribution in [2.24, 2.45) is 0 Å². The average Bonchev–Trinajstić information content (AvgIpc) is 3.08. The fraction of sp³-hybridized carbons (Fsp3) is 0.0625. The molecule has 0 atom stereocenters. The summed E-state index contributed by atoms with van der Waals surface area (Å²) in [4.78, 5) is 21.5. The molecule has 0 radical (unpaired) electrons. The van der Waals surface area contributed by atoms with Crippen molar-refractivity contribution >= 4 is 17.2 Å². The Morgan fingerprint density at radius 1 is 1.14 bits per heavy atom. The summed E-state index contributed by atoms with van der Waals surface area (Å²) >= 11 is 1.63. The monoisotopic (exact) mass is 295 g/mol. The van der Waals surface area contributed by atoms with Gasteiger partial charge in [-0.15, -0.1) is 11.3 Å². The first-order valence-corrected chi connectivity index (χ1v) is 7.38. The van der Waals surface area contributed by atoms with Gasteiger partial charge in [0.05, 0.1) is 16.1 Å². The Hall–Kier alpha value is -2.53. The Morgan fingerprint density at radius 3 is 2.76 bits per heavy atom. The molecule has 0 spiro atoms. The molecule has 3 heterocycles. The van der Waals surface area contributed by atoms with E-state index in [9.17, 15) is 4.79 Å². The molecule has 0 fully saturated rings. The van der Waals surface area contributed by atoms with E-state index in [1.165, 1.54) is 0 Å². The fourth-order valence-corrected chi connectivity index (χ4v) is 2.59. The van der Waals surface area contributed by atoms with Crippen LogP contribution in [0.5, 0.6) is 0 Å². The summed E-state index contributed by atoms with van der Waals surface area (Å²) in [6.07, 6.45) is 5.05. The molecule has 0 unspecified atom stereocenters. The SMILES string of the molecule is O=C(NCc1cccnc1)c1ccc(-c2cccs2)nc1. The van der Waals surface area contributed by atoms with Crippen molar-refractivity contribution in [2.45, 2.75) is 6.54 Å². The lowest BCUT2D eigenvalue weighted by atomic mass is 10.2. The van der Waals surface area contributed by atoms with E-state index in [1.807, 2.05) is 35.7 Å². The van der Waals surface area contributed by atoms with Crippen LogP contribution in [0, 0.1) is 0 Å². The normalized spacial score (nSPS) is 10.3. The lowest BCUT2D eigenvalue weighted by molar-refractivity contribution is 0.0950. The maximum absolute atomic E-state index is 12.0. The average molecular weight is 295 g/mol. The minimum absolute atomic E-state index is 0.135. The molecule has 0 saturated carbocycles. The first kappa shape index (κ1) is 13.5. The number of carbonyl (C=O) groups is 1. The molecule has 0 bridgehead atoms. The number of thiophene rings is 1. The standard InChI is InChI=1S/C16H13N3OS/c20-16(19-10-12-3-1-7-17-9-12)13-5-6-14(18-11-13)15-4-2-8-21-15/h1-9,11H,10H2,(H,19,20). The molecule has 4 nitrogen and oxygen atoms in total. The maximum atomic E-state index is 12.0. The molecule has 3 rings (SSSR count). The van der Waals surface area contributed by atoms with Crippen molar-refractivity contribution in [3.63, 3.8) is 0 Å². The van der Waals surface area contributed by atoms with Crippen molar-refractivity contribution in [1.29, 1.82) is 0 Å². The summed E-state index contributed by atoms with van der Waals surface area (Å²) in [6.45, 7) is 0.458. The van der Waals surface area contributed by atoms with Gasteiger partial charge in [-0.05, 0) is 35.2 Å². The first-order valence-electron chi connectivity index (χ1n) is 6.50. The minimum atomic E-state index is -0.135. The van der Waals surface area contributed by atoms with Crippen LogP contribution in [0.3, 0.4) is 0 Å². The van der Waals surface area contributed by atoms with Crippen molar-refractivity contribution in [3.05, 3.63) is 71.5 Å². The number of rotatable bonds is 4. The van der Waals surface area contributed by atoms with E-state index in [1.54, 1.807) is 36.0 Å². The first-order chi connectivity index (χ1) is 10.3. The number of nitrogens with one attached hydrogen (secondary N) is 1. The van der Waals surface area contributed by atoms with Gasteiger partial charge in [0.25, 0.3) is 5.91 Å². The number of nitrogens with zero attached hydrogens (tertiary/aromatic N) is 2. The van der Waals surface area contributed by atoms with E-state index >= 15 is 0 Å². The molecule has 0 saturated heterocycles. The van der Waals surface area contributed by atoms with Gasteiger partial charge >= 0.3 is 0 Å². The lowest BCUT2D eigenvalue weighted by Crippen LogP contribution is -2.22. The Morgan fingerprint density at radius 2 is 2.10 bits per heavy atom. The summed E-state index contributed by atoms with van der Waals surface area (Å²) < 4.78 is 0. The van der Waals surface area contributed by atoms with Gasteiger partial charge in [-0.2, -0.15) is 0 Å². The summed E-state index contributed by atoms with van der Waals surface area (Å²) in [5.74, 6) is -0.135. The topological polar surface area (TPSA) is 54.9 Å². The second-order valence-corrected chi connectivity index (χ2v) is 5.40. The highest BCUT2D eigenvalue weighted by atomic mass is 32.1. The second-order valence-electron chi connectivity index (χ2n) is 4.45. The van der Waals surface area contributed by atoms with Gasteiger partial charge in [-0.25, -0.2) is 0 Å². The van der Waals surface area contributed by atoms with Gasteiger partial charge in [-0.3, -0.25) is 14.8 Å². The Kier molecular flexibility index (Phi) is 4.02. The van der Waals surface area contributed by atoms with E-state index in [0.29, 0.717) is 12.1 Å². The zero-order valence-corrected chi connectivity index (χ0v) is 12.0. The van der Waals surface area contributed by atoms with Crippen molar-refractivity contribution < 1.29 is 4.79 Å². The molecular formula is C16H13N3OS. The van der Waals surface area contributed by atoms with Crippen LogP contribution < -0.4 is 5.32 Å². The van der Waals surface area contributed by atoms with E-state index in [-0.39, 0.29) is 5.91 Å². The smallest absolute Gasteiger partial charge is 0.253 e. The minimum Gasteiger partial charge on any atom is -0.348 e. The molecule has 21 heavy (non-hydrogen) atoms. The number of aromatic nitrogens is 2. The van der Waals surface area contributed by atoms with Crippen LogP contribution in [0.25, 0.3) is 10.6 Å². The lowest BCUT2D eigenvalue weighted by Gasteiger charge is -2.05. The van der Waals surface area contributed by atoms with Gasteiger partial charge in [0.2, 0.25) is 0 Å². The van der Waals surface area contributed by atoms with Crippen LogP contribution in [-0.4, -0.2) is 15.9 Å². The third-order valence-corrected chi connectivity index (χ3v) is 3.87. The summed E-state index contributed by atoms with van der Waals surface area (Å²) in [5, 5.41) is 4.86. The molecule has 3 aromatic rings. The molecule has 0 aliphatic heterocycles. The van der Waals surface area contributed by atoms with Gasteiger partial charge in [-0.1, -0.05) is 12.1 Å². The molecule has 5 heteroatoms. The Balaban J connectivity index is 1.65. The number of pyridine rings is 2. The van der Waals surface area contributed by atoms with E-state index < -0.39 is 0 Å².